The Balaban J connectivity index is 1.59. The Hall–Kier alpha value is -2.89. The minimum atomic E-state index is -0.280. The van der Waals surface area contributed by atoms with Crippen molar-refractivity contribution in [3.63, 3.8) is 0 Å². The molecular formula is C20H23N3O3. The highest BCUT2D eigenvalue weighted by Gasteiger charge is 2.24. The lowest BCUT2D eigenvalue weighted by Crippen LogP contribution is -2.40. The number of carbonyl (C=O) groups is 2. The minimum absolute atomic E-state index is 0.0155. The van der Waals surface area contributed by atoms with Gasteiger partial charge < -0.3 is 15.4 Å². The molecule has 136 valence electrons. The SMILES string of the molecule is NC(=O)CCC1CCCN(C(=O)c2ccc(Oc3cccnc3)cc2)C1. The van der Waals surface area contributed by atoms with Crippen LogP contribution in [0.2, 0.25) is 0 Å². The maximum absolute atomic E-state index is 12.7. The fraction of sp³-hybridized carbons (Fsp3) is 0.350. The van der Waals surface area contributed by atoms with Crippen LogP contribution in [0.3, 0.4) is 0 Å². The van der Waals surface area contributed by atoms with Crippen LogP contribution in [0.5, 0.6) is 11.5 Å². The number of aromatic nitrogens is 1. The Morgan fingerprint density at radius 1 is 1.19 bits per heavy atom. The van der Waals surface area contributed by atoms with Crippen LogP contribution < -0.4 is 10.5 Å². The van der Waals surface area contributed by atoms with Crippen LogP contribution in [-0.2, 0) is 4.79 Å². The molecular weight excluding hydrogens is 330 g/mol. The third-order valence-corrected chi connectivity index (χ3v) is 4.58. The molecule has 3 rings (SSSR count). The van der Waals surface area contributed by atoms with E-state index in [0.29, 0.717) is 35.9 Å². The van der Waals surface area contributed by atoms with Crippen LogP contribution >= 0.6 is 0 Å². The van der Waals surface area contributed by atoms with Crippen molar-refractivity contribution in [3.8, 4) is 11.5 Å². The number of pyridine rings is 1. The summed E-state index contributed by atoms with van der Waals surface area (Å²) in [6.45, 7) is 1.43. The van der Waals surface area contributed by atoms with E-state index in [4.69, 9.17) is 10.5 Å². The van der Waals surface area contributed by atoms with Crippen LogP contribution in [0, 0.1) is 5.92 Å². The van der Waals surface area contributed by atoms with Gasteiger partial charge in [0.1, 0.15) is 11.5 Å². The third kappa shape index (κ3) is 4.81. The van der Waals surface area contributed by atoms with Crippen molar-refractivity contribution in [2.75, 3.05) is 13.1 Å². The smallest absolute Gasteiger partial charge is 0.253 e. The van der Waals surface area contributed by atoms with Crippen molar-refractivity contribution in [3.05, 3.63) is 54.4 Å². The summed E-state index contributed by atoms with van der Waals surface area (Å²) in [5, 5.41) is 0. The van der Waals surface area contributed by atoms with Gasteiger partial charge in [0.15, 0.2) is 0 Å². The number of primary amides is 1. The van der Waals surface area contributed by atoms with Crippen LogP contribution in [0.15, 0.2) is 48.8 Å². The van der Waals surface area contributed by atoms with Crippen LogP contribution in [0.25, 0.3) is 0 Å². The van der Waals surface area contributed by atoms with E-state index in [-0.39, 0.29) is 11.8 Å². The maximum atomic E-state index is 12.7. The fourth-order valence-electron chi connectivity index (χ4n) is 3.22. The summed E-state index contributed by atoms with van der Waals surface area (Å²) >= 11 is 0. The molecule has 2 amide bonds. The first-order valence-electron chi connectivity index (χ1n) is 8.87. The molecule has 0 bridgehead atoms. The number of nitrogens with two attached hydrogens (primary N) is 1. The van der Waals surface area contributed by atoms with Crippen molar-refractivity contribution in [1.82, 2.24) is 9.88 Å². The monoisotopic (exact) mass is 353 g/mol. The molecule has 26 heavy (non-hydrogen) atoms. The van der Waals surface area contributed by atoms with E-state index in [1.165, 1.54) is 0 Å². The van der Waals surface area contributed by atoms with Gasteiger partial charge in [-0.3, -0.25) is 14.6 Å². The molecule has 2 N–H and O–H groups in total. The summed E-state index contributed by atoms with van der Waals surface area (Å²) in [7, 11) is 0. The first kappa shape index (κ1) is 17.9. The van der Waals surface area contributed by atoms with Crippen LogP contribution in [-0.4, -0.2) is 34.8 Å². The number of benzene rings is 1. The molecule has 6 nitrogen and oxygen atoms in total. The molecule has 6 heteroatoms. The number of hydrogen-bond donors (Lipinski definition) is 1. The van der Waals surface area contributed by atoms with Gasteiger partial charge in [-0.25, -0.2) is 0 Å². The molecule has 1 saturated heterocycles. The molecule has 0 spiro atoms. The quantitative estimate of drug-likeness (QED) is 0.865. The summed E-state index contributed by atoms with van der Waals surface area (Å²) in [4.78, 5) is 29.6. The van der Waals surface area contributed by atoms with Gasteiger partial charge in [-0.15, -0.1) is 0 Å². The van der Waals surface area contributed by atoms with E-state index in [9.17, 15) is 9.59 Å². The zero-order valence-electron chi connectivity index (χ0n) is 14.6. The van der Waals surface area contributed by atoms with Gasteiger partial charge >= 0.3 is 0 Å². The van der Waals surface area contributed by atoms with Crippen molar-refractivity contribution >= 4 is 11.8 Å². The average Bonchev–Trinajstić information content (AvgIpc) is 2.67. The number of amides is 2. The second-order valence-electron chi connectivity index (χ2n) is 6.58. The van der Waals surface area contributed by atoms with Gasteiger partial charge in [-0.05, 0) is 61.6 Å². The normalized spacial score (nSPS) is 16.9. The van der Waals surface area contributed by atoms with Gasteiger partial charge in [0.2, 0.25) is 5.91 Å². The lowest BCUT2D eigenvalue weighted by Gasteiger charge is -2.32. The number of nitrogens with zero attached hydrogens (tertiary/aromatic N) is 2. The predicted octanol–water partition coefficient (Wildman–Crippen LogP) is 2.99. The summed E-state index contributed by atoms with van der Waals surface area (Å²) in [5.74, 6) is 1.39. The van der Waals surface area contributed by atoms with E-state index in [1.807, 2.05) is 11.0 Å². The van der Waals surface area contributed by atoms with Gasteiger partial charge in [-0.1, -0.05) is 0 Å². The summed E-state index contributed by atoms with van der Waals surface area (Å²) in [6.07, 6.45) is 6.44. The predicted molar refractivity (Wildman–Crippen MR) is 97.8 cm³/mol. The molecule has 1 aromatic heterocycles. The van der Waals surface area contributed by atoms with Crippen LogP contribution in [0.1, 0.15) is 36.0 Å². The van der Waals surface area contributed by atoms with Crippen molar-refractivity contribution in [1.29, 1.82) is 0 Å². The lowest BCUT2D eigenvalue weighted by atomic mass is 9.93. The average molecular weight is 353 g/mol. The molecule has 1 fully saturated rings. The van der Waals surface area contributed by atoms with Gasteiger partial charge in [0.25, 0.3) is 5.91 Å². The Kier molecular flexibility index (Phi) is 5.84. The zero-order valence-corrected chi connectivity index (χ0v) is 14.6. The third-order valence-electron chi connectivity index (χ3n) is 4.58. The first-order chi connectivity index (χ1) is 12.6. The molecule has 1 atom stereocenters. The molecule has 1 unspecified atom stereocenters. The van der Waals surface area contributed by atoms with Crippen molar-refractivity contribution < 1.29 is 14.3 Å². The van der Waals surface area contributed by atoms with E-state index in [2.05, 4.69) is 4.98 Å². The van der Waals surface area contributed by atoms with Crippen molar-refractivity contribution in [2.24, 2.45) is 11.7 Å². The Bertz CT molecular complexity index is 747. The number of piperidine rings is 1. The second-order valence-corrected chi connectivity index (χ2v) is 6.58. The van der Waals surface area contributed by atoms with Crippen molar-refractivity contribution in [2.45, 2.75) is 25.7 Å². The standard InChI is InChI=1S/C20H23N3O3/c21-19(24)10-5-15-3-2-12-23(14-15)20(25)16-6-8-17(9-7-16)26-18-4-1-11-22-13-18/h1,4,6-9,11,13,15H,2-3,5,10,12,14H2,(H2,21,24). The number of rotatable bonds is 6. The molecule has 1 aromatic carbocycles. The van der Waals surface area contributed by atoms with Gasteiger partial charge in [-0.2, -0.15) is 0 Å². The van der Waals surface area contributed by atoms with E-state index in [0.717, 1.165) is 25.8 Å². The zero-order chi connectivity index (χ0) is 18.4. The summed E-state index contributed by atoms with van der Waals surface area (Å²) in [6, 6.07) is 10.8. The van der Waals surface area contributed by atoms with E-state index >= 15 is 0 Å². The Morgan fingerprint density at radius 3 is 2.69 bits per heavy atom. The number of likely N-dealkylation sites (tertiary alicyclic amines) is 1. The first-order valence-corrected chi connectivity index (χ1v) is 8.87. The highest BCUT2D eigenvalue weighted by atomic mass is 16.5. The Morgan fingerprint density at radius 2 is 2.00 bits per heavy atom. The topological polar surface area (TPSA) is 85.5 Å². The summed E-state index contributed by atoms with van der Waals surface area (Å²) < 4.78 is 5.70. The molecule has 0 aliphatic carbocycles. The highest BCUT2D eigenvalue weighted by molar-refractivity contribution is 5.94. The Labute approximate surface area is 153 Å². The van der Waals surface area contributed by atoms with Crippen LogP contribution in [0.4, 0.5) is 0 Å². The number of ether oxygens (including phenoxy) is 1. The largest absolute Gasteiger partial charge is 0.456 e. The maximum Gasteiger partial charge on any atom is 0.253 e. The minimum Gasteiger partial charge on any atom is -0.456 e. The second kappa shape index (κ2) is 8.47. The number of hydrogen-bond acceptors (Lipinski definition) is 4. The van der Waals surface area contributed by atoms with Gasteiger partial charge in [0.05, 0.1) is 6.20 Å². The molecule has 1 aliphatic heterocycles. The molecule has 2 aromatic rings. The number of carbonyl (C=O) groups excluding carboxylic acids is 2. The fourth-order valence-corrected chi connectivity index (χ4v) is 3.22. The molecule has 2 heterocycles. The molecule has 0 radical (unpaired) electrons. The molecule has 1 aliphatic rings. The lowest BCUT2D eigenvalue weighted by molar-refractivity contribution is -0.118. The molecule has 0 saturated carbocycles. The highest BCUT2D eigenvalue weighted by Crippen LogP contribution is 2.24. The van der Waals surface area contributed by atoms with E-state index < -0.39 is 0 Å². The van der Waals surface area contributed by atoms with E-state index in [1.54, 1.807) is 42.7 Å². The summed E-state index contributed by atoms with van der Waals surface area (Å²) in [5.41, 5.74) is 5.87. The van der Waals surface area contributed by atoms with Gasteiger partial charge in [0, 0.05) is 31.3 Å².